The van der Waals surface area contributed by atoms with Crippen LogP contribution in [-0.4, -0.2) is 18.8 Å². The Labute approximate surface area is 194 Å². The Kier molecular flexibility index (Phi) is 8.42. The third-order valence-corrected chi connectivity index (χ3v) is 5.84. The number of rotatable bonds is 9. The Morgan fingerprint density at radius 3 is 2.47 bits per heavy atom. The lowest BCUT2D eigenvalue weighted by Crippen LogP contribution is -2.21. The summed E-state index contributed by atoms with van der Waals surface area (Å²) in [6.07, 6.45) is -0.564. The molecule has 0 spiro atoms. The lowest BCUT2D eigenvalue weighted by molar-refractivity contribution is 0.174. The van der Waals surface area contributed by atoms with Crippen LogP contribution in [0.25, 0.3) is 0 Å². The van der Waals surface area contributed by atoms with Crippen molar-refractivity contribution in [3.05, 3.63) is 91.9 Å². The van der Waals surface area contributed by atoms with E-state index in [9.17, 15) is 5.11 Å². The van der Waals surface area contributed by atoms with Gasteiger partial charge in [-0.15, -0.1) is 0 Å². The average molecular weight is 511 g/mol. The van der Waals surface area contributed by atoms with Crippen LogP contribution in [-0.2, 0) is 13.2 Å². The van der Waals surface area contributed by atoms with E-state index in [2.05, 4.69) is 21.2 Å². The van der Waals surface area contributed by atoms with Gasteiger partial charge in [-0.2, -0.15) is 0 Å². The highest BCUT2D eigenvalue weighted by Crippen LogP contribution is 2.37. The van der Waals surface area contributed by atoms with Crippen LogP contribution in [0.2, 0.25) is 10.0 Å². The molecule has 3 aromatic rings. The molecule has 7 heteroatoms. The smallest absolute Gasteiger partial charge is 0.175 e. The van der Waals surface area contributed by atoms with E-state index in [1.807, 2.05) is 48.5 Å². The lowest BCUT2D eigenvalue weighted by atomic mass is 10.1. The van der Waals surface area contributed by atoms with Crippen molar-refractivity contribution < 1.29 is 14.6 Å². The van der Waals surface area contributed by atoms with Crippen molar-refractivity contribution in [1.82, 2.24) is 5.32 Å². The Hall–Kier alpha value is -1.76. The number of aliphatic hydroxyl groups is 1. The van der Waals surface area contributed by atoms with Gasteiger partial charge in [-0.05, 0) is 56.9 Å². The summed E-state index contributed by atoms with van der Waals surface area (Å²) in [4.78, 5) is 0. The van der Waals surface area contributed by atoms with Crippen LogP contribution in [0.5, 0.6) is 11.5 Å². The SMILES string of the molecule is COc1cc(CNC[C@H](O)c2ccccc2)cc(Br)c1OCc1ccc(Cl)c(Cl)c1. The number of methoxy groups -OCH3 is 1. The molecule has 3 rings (SSSR count). The molecule has 0 radical (unpaired) electrons. The molecule has 0 saturated carbocycles. The minimum absolute atomic E-state index is 0.326. The van der Waals surface area contributed by atoms with Gasteiger partial charge in [0.25, 0.3) is 0 Å². The van der Waals surface area contributed by atoms with Gasteiger partial charge in [0.05, 0.1) is 27.7 Å². The van der Waals surface area contributed by atoms with Crippen molar-refractivity contribution in [2.45, 2.75) is 19.3 Å². The first-order valence-corrected chi connectivity index (χ1v) is 10.9. The minimum Gasteiger partial charge on any atom is -0.493 e. The highest BCUT2D eigenvalue weighted by Gasteiger charge is 2.13. The second kappa shape index (κ2) is 11.0. The number of halogens is 3. The van der Waals surface area contributed by atoms with Gasteiger partial charge in [-0.1, -0.05) is 59.6 Å². The molecule has 0 aromatic heterocycles. The molecule has 0 amide bonds. The second-order valence-electron chi connectivity index (χ2n) is 6.70. The van der Waals surface area contributed by atoms with Crippen molar-refractivity contribution in [2.75, 3.05) is 13.7 Å². The highest BCUT2D eigenvalue weighted by atomic mass is 79.9. The van der Waals surface area contributed by atoms with Gasteiger partial charge in [0.15, 0.2) is 11.5 Å². The molecule has 0 bridgehead atoms. The van der Waals surface area contributed by atoms with Crippen LogP contribution in [0.1, 0.15) is 22.8 Å². The summed E-state index contributed by atoms with van der Waals surface area (Å²) in [5, 5.41) is 14.5. The van der Waals surface area contributed by atoms with E-state index in [0.29, 0.717) is 41.2 Å². The molecule has 0 fully saturated rings. The van der Waals surface area contributed by atoms with Crippen molar-refractivity contribution >= 4 is 39.1 Å². The normalized spacial score (nSPS) is 11.9. The fraction of sp³-hybridized carbons (Fsp3) is 0.217. The first-order chi connectivity index (χ1) is 14.5. The van der Waals surface area contributed by atoms with E-state index in [1.165, 1.54) is 0 Å². The quantitative estimate of drug-likeness (QED) is 0.361. The predicted molar refractivity (Wildman–Crippen MR) is 125 cm³/mol. The van der Waals surface area contributed by atoms with E-state index < -0.39 is 6.10 Å². The highest BCUT2D eigenvalue weighted by molar-refractivity contribution is 9.10. The summed E-state index contributed by atoms with van der Waals surface area (Å²) < 4.78 is 12.3. The molecule has 0 saturated heterocycles. The van der Waals surface area contributed by atoms with Gasteiger partial charge >= 0.3 is 0 Å². The maximum Gasteiger partial charge on any atom is 0.175 e. The van der Waals surface area contributed by atoms with Crippen LogP contribution < -0.4 is 14.8 Å². The number of benzene rings is 3. The van der Waals surface area contributed by atoms with Crippen molar-refractivity contribution in [3.8, 4) is 11.5 Å². The molecule has 0 aliphatic carbocycles. The molecular formula is C23H22BrCl2NO3. The van der Waals surface area contributed by atoms with Gasteiger partial charge < -0.3 is 19.9 Å². The van der Waals surface area contributed by atoms with E-state index in [0.717, 1.165) is 21.2 Å². The number of hydrogen-bond acceptors (Lipinski definition) is 4. The first-order valence-electron chi connectivity index (χ1n) is 9.34. The topological polar surface area (TPSA) is 50.7 Å². The standard InChI is InChI=1S/C23H22BrCl2NO3/c1-29-22-11-16(12-27-13-21(28)17-5-3-2-4-6-17)9-18(24)23(22)30-14-15-7-8-19(25)20(26)10-15/h2-11,21,27-28H,12-14H2,1H3/t21-/m0/s1. The second-order valence-corrected chi connectivity index (χ2v) is 8.37. The fourth-order valence-electron chi connectivity index (χ4n) is 2.95. The summed E-state index contributed by atoms with van der Waals surface area (Å²) >= 11 is 15.6. The van der Waals surface area contributed by atoms with Gasteiger partial charge in [0.2, 0.25) is 0 Å². The maximum atomic E-state index is 10.3. The molecule has 158 valence electrons. The summed E-state index contributed by atoms with van der Waals surface area (Å²) in [6, 6.07) is 18.8. The molecule has 30 heavy (non-hydrogen) atoms. The van der Waals surface area contributed by atoms with E-state index in [1.54, 1.807) is 19.2 Å². The van der Waals surface area contributed by atoms with Gasteiger partial charge in [-0.25, -0.2) is 0 Å². The van der Waals surface area contributed by atoms with Crippen LogP contribution in [0.4, 0.5) is 0 Å². The molecule has 0 unspecified atom stereocenters. The van der Waals surface area contributed by atoms with Crippen molar-refractivity contribution in [1.29, 1.82) is 0 Å². The molecule has 4 nitrogen and oxygen atoms in total. The summed E-state index contributed by atoms with van der Waals surface area (Å²) in [7, 11) is 1.60. The molecule has 1 atom stereocenters. The number of nitrogens with one attached hydrogen (secondary N) is 1. The van der Waals surface area contributed by atoms with Gasteiger partial charge in [-0.3, -0.25) is 0 Å². The third kappa shape index (κ3) is 6.13. The Bertz CT molecular complexity index is 986. The zero-order valence-corrected chi connectivity index (χ0v) is 19.5. The first kappa shape index (κ1) is 22.9. The zero-order chi connectivity index (χ0) is 21.5. The molecular weight excluding hydrogens is 489 g/mol. The summed E-state index contributed by atoms with van der Waals surface area (Å²) in [6.45, 7) is 1.35. The fourth-order valence-corrected chi connectivity index (χ4v) is 3.87. The Morgan fingerprint density at radius 1 is 1.00 bits per heavy atom. The Morgan fingerprint density at radius 2 is 1.77 bits per heavy atom. The van der Waals surface area contributed by atoms with Crippen LogP contribution in [0.15, 0.2) is 65.1 Å². The monoisotopic (exact) mass is 509 g/mol. The van der Waals surface area contributed by atoms with Gasteiger partial charge in [0.1, 0.15) is 6.61 Å². The molecule has 0 aliphatic heterocycles. The number of hydrogen-bond donors (Lipinski definition) is 2. The zero-order valence-electron chi connectivity index (χ0n) is 16.4. The molecule has 0 aliphatic rings. The Balaban J connectivity index is 1.62. The van der Waals surface area contributed by atoms with E-state index >= 15 is 0 Å². The van der Waals surface area contributed by atoms with Gasteiger partial charge in [0, 0.05) is 13.1 Å². The van der Waals surface area contributed by atoms with E-state index in [-0.39, 0.29) is 0 Å². The molecule has 3 aromatic carbocycles. The summed E-state index contributed by atoms with van der Waals surface area (Å²) in [5.41, 5.74) is 2.79. The predicted octanol–water partition coefficient (Wildman–Crippen LogP) is 6.17. The lowest BCUT2D eigenvalue weighted by Gasteiger charge is -2.16. The summed E-state index contributed by atoms with van der Waals surface area (Å²) in [5.74, 6) is 1.22. The maximum absolute atomic E-state index is 10.3. The van der Waals surface area contributed by atoms with Crippen LogP contribution >= 0.6 is 39.1 Å². The number of ether oxygens (including phenoxy) is 2. The van der Waals surface area contributed by atoms with Crippen LogP contribution in [0.3, 0.4) is 0 Å². The van der Waals surface area contributed by atoms with Crippen molar-refractivity contribution in [2.24, 2.45) is 0 Å². The largest absolute Gasteiger partial charge is 0.493 e. The average Bonchev–Trinajstić information content (AvgIpc) is 2.75. The number of aliphatic hydroxyl groups excluding tert-OH is 1. The van der Waals surface area contributed by atoms with Crippen molar-refractivity contribution in [3.63, 3.8) is 0 Å². The molecule has 2 N–H and O–H groups in total. The molecule has 0 heterocycles. The minimum atomic E-state index is -0.564. The van der Waals surface area contributed by atoms with Crippen LogP contribution in [0, 0.1) is 0 Å². The van der Waals surface area contributed by atoms with E-state index in [4.69, 9.17) is 32.7 Å². The third-order valence-electron chi connectivity index (χ3n) is 4.51.